The summed E-state index contributed by atoms with van der Waals surface area (Å²) in [5.41, 5.74) is 2.56. The van der Waals surface area contributed by atoms with Gasteiger partial charge in [-0.3, -0.25) is 10.4 Å². The number of rotatable bonds is 5. The van der Waals surface area contributed by atoms with Gasteiger partial charge in [-0.1, -0.05) is 0 Å². The van der Waals surface area contributed by atoms with E-state index in [2.05, 4.69) is 41.5 Å². The number of nitrogens with two attached hydrogens (primary N) is 1. The fraction of sp³-hybridized carbons (Fsp3) is 0.900. The molecule has 0 amide bonds. The van der Waals surface area contributed by atoms with Crippen molar-refractivity contribution >= 4 is 5.96 Å². The minimum Gasteiger partial charge on any atom is -0.353 e. The Morgan fingerprint density at radius 1 is 1.33 bits per heavy atom. The molecule has 4 N–H and O–H groups in total. The molecule has 0 radical (unpaired) electrons. The molecule has 5 nitrogen and oxygen atoms in total. The topological polar surface area (TPSA) is 65.7 Å². The summed E-state index contributed by atoms with van der Waals surface area (Å²) in [6.07, 6.45) is 0. The average Bonchev–Trinajstić information content (AvgIpc) is 2.15. The maximum absolute atomic E-state index is 5.34. The van der Waals surface area contributed by atoms with E-state index in [9.17, 15) is 0 Å². The lowest BCUT2D eigenvalue weighted by atomic mass is 10.3. The van der Waals surface area contributed by atoms with Gasteiger partial charge >= 0.3 is 0 Å². The minimum atomic E-state index is 0.336. The van der Waals surface area contributed by atoms with Gasteiger partial charge in [0.05, 0.1) is 6.54 Å². The maximum Gasteiger partial charge on any atom is 0.205 e. The zero-order valence-corrected chi connectivity index (χ0v) is 10.5. The Morgan fingerprint density at radius 2 is 1.93 bits per heavy atom. The number of guanidine groups is 1. The zero-order valence-electron chi connectivity index (χ0n) is 10.5. The van der Waals surface area contributed by atoms with E-state index < -0.39 is 0 Å². The van der Waals surface area contributed by atoms with Crippen LogP contribution < -0.4 is 16.6 Å². The third-order valence-corrected chi connectivity index (χ3v) is 2.17. The van der Waals surface area contributed by atoms with Crippen molar-refractivity contribution in [3.63, 3.8) is 0 Å². The molecule has 0 aromatic rings. The van der Waals surface area contributed by atoms with Gasteiger partial charge in [0.1, 0.15) is 0 Å². The van der Waals surface area contributed by atoms with E-state index >= 15 is 0 Å². The summed E-state index contributed by atoms with van der Waals surface area (Å²) in [5, 5.41) is 3.13. The van der Waals surface area contributed by atoms with Crippen LogP contribution in [0.4, 0.5) is 0 Å². The third-order valence-electron chi connectivity index (χ3n) is 2.17. The molecule has 90 valence electrons. The van der Waals surface area contributed by atoms with Gasteiger partial charge in [0.2, 0.25) is 5.96 Å². The Balaban J connectivity index is 3.90. The van der Waals surface area contributed by atoms with Crippen molar-refractivity contribution in [1.82, 2.24) is 15.6 Å². The molecule has 0 aliphatic heterocycles. The Labute approximate surface area is 93.1 Å². The van der Waals surface area contributed by atoms with Crippen LogP contribution in [0.3, 0.4) is 0 Å². The van der Waals surface area contributed by atoms with Gasteiger partial charge in [0.25, 0.3) is 0 Å². The molecule has 0 unspecified atom stereocenters. The molecule has 0 aliphatic carbocycles. The molecular weight excluding hydrogens is 190 g/mol. The first-order chi connectivity index (χ1) is 6.97. The fourth-order valence-corrected chi connectivity index (χ4v) is 0.984. The first-order valence-electron chi connectivity index (χ1n) is 5.45. The Hall–Kier alpha value is -0.810. The second-order valence-corrected chi connectivity index (χ2v) is 4.25. The number of likely N-dealkylation sites (N-methyl/N-ethyl adjacent to an activating group) is 1. The van der Waals surface area contributed by atoms with Gasteiger partial charge in [-0.15, -0.1) is 0 Å². The quantitative estimate of drug-likeness (QED) is 0.264. The standard InChI is InChI=1S/C10H25N5/c1-8(2)13-10(14-11)12-6-7-15(5)9(3)4/h8-9H,6-7,11H2,1-5H3,(H2,12,13,14). The second kappa shape index (κ2) is 7.48. The number of hydrogen-bond acceptors (Lipinski definition) is 3. The predicted octanol–water partition coefficient (Wildman–Crippen LogP) is 0.144. The summed E-state index contributed by atoms with van der Waals surface area (Å²) in [5.74, 6) is 6.00. The summed E-state index contributed by atoms with van der Waals surface area (Å²) in [7, 11) is 2.09. The summed E-state index contributed by atoms with van der Waals surface area (Å²) >= 11 is 0. The lowest BCUT2D eigenvalue weighted by Crippen LogP contribution is -2.45. The number of aliphatic imine (C=N–C) groups is 1. The van der Waals surface area contributed by atoms with Crippen molar-refractivity contribution < 1.29 is 0 Å². The van der Waals surface area contributed by atoms with Gasteiger partial charge in [-0.05, 0) is 34.7 Å². The lowest BCUT2D eigenvalue weighted by Gasteiger charge is -2.20. The van der Waals surface area contributed by atoms with E-state index in [1.807, 2.05) is 13.8 Å². The zero-order chi connectivity index (χ0) is 11.8. The molecule has 0 spiro atoms. The highest BCUT2D eigenvalue weighted by molar-refractivity contribution is 5.79. The second-order valence-electron chi connectivity index (χ2n) is 4.25. The lowest BCUT2D eigenvalue weighted by molar-refractivity contribution is 0.282. The van der Waals surface area contributed by atoms with Gasteiger partial charge in [-0.25, -0.2) is 5.84 Å². The molecule has 0 aliphatic rings. The molecule has 0 saturated heterocycles. The molecule has 0 aromatic carbocycles. The third kappa shape index (κ3) is 7.16. The first kappa shape index (κ1) is 14.2. The van der Waals surface area contributed by atoms with Gasteiger partial charge in [0.15, 0.2) is 0 Å². The van der Waals surface area contributed by atoms with Crippen LogP contribution in [0, 0.1) is 0 Å². The van der Waals surface area contributed by atoms with Gasteiger partial charge in [0, 0.05) is 18.6 Å². The van der Waals surface area contributed by atoms with Crippen molar-refractivity contribution in [2.24, 2.45) is 10.8 Å². The summed E-state index contributed by atoms with van der Waals surface area (Å²) in [6, 6.07) is 0.884. The highest BCUT2D eigenvalue weighted by Gasteiger charge is 2.02. The van der Waals surface area contributed by atoms with Crippen molar-refractivity contribution in [3.05, 3.63) is 0 Å². The summed E-state index contributed by atoms with van der Waals surface area (Å²) < 4.78 is 0. The van der Waals surface area contributed by atoms with Gasteiger partial charge < -0.3 is 10.2 Å². The average molecular weight is 215 g/mol. The molecule has 0 heterocycles. The molecule has 15 heavy (non-hydrogen) atoms. The van der Waals surface area contributed by atoms with Crippen LogP contribution in [0.2, 0.25) is 0 Å². The summed E-state index contributed by atoms with van der Waals surface area (Å²) in [6.45, 7) is 10.1. The van der Waals surface area contributed by atoms with Crippen LogP contribution in [0.25, 0.3) is 0 Å². The SMILES string of the molecule is CC(C)NC(=NCCN(C)C(C)C)NN. The molecular formula is C10H25N5. The molecule has 0 saturated carbocycles. The fourth-order valence-electron chi connectivity index (χ4n) is 0.984. The molecule has 0 rings (SSSR count). The maximum atomic E-state index is 5.34. The molecule has 0 atom stereocenters. The Bertz CT molecular complexity index is 188. The largest absolute Gasteiger partial charge is 0.353 e. The van der Waals surface area contributed by atoms with E-state index in [-0.39, 0.29) is 0 Å². The van der Waals surface area contributed by atoms with Crippen LogP contribution in [-0.4, -0.2) is 43.1 Å². The first-order valence-corrected chi connectivity index (χ1v) is 5.45. The number of hydrazine groups is 1. The number of nitrogens with one attached hydrogen (secondary N) is 2. The van der Waals surface area contributed by atoms with E-state index in [0.717, 1.165) is 13.1 Å². The highest BCUT2D eigenvalue weighted by atomic mass is 15.3. The summed E-state index contributed by atoms with van der Waals surface area (Å²) in [4.78, 5) is 6.58. The Morgan fingerprint density at radius 3 is 2.33 bits per heavy atom. The number of hydrogen-bond donors (Lipinski definition) is 3. The molecule has 5 heteroatoms. The monoisotopic (exact) mass is 215 g/mol. The van der Waals surface area contributed by atoms with Crippen LogP contribution >= 0.6 is 0 Å². The molecule has 0 fully saturated rings. The normalized spacial score (nSPS) is 12.7. The van der Waals surface area contributed by atoms with Crippen molar-refractivity contribution in [1.29, 1.82) is 0 Å². The number of nitrogens with zero attached hydrogens (tertiary/aromatic N) is 2. The van der Waals surface area contributed by atoms with Crippen LogP contribution in [0.15, 0.2) is 4.99 Å². The van der Waals surface area contributed by atoms with E-state index in [4.69, 9.17) is 5.84 Å². The molecule has 0 aromatic heterocycles. The van der Waals surface area contributed by atoms with Crippen LogP contribution in [0.1, 0.15) is 27.7 Å². The van der Waals surface area contributed by atoms with E-state index in [0.29, 0.717) is 18.0 Å². The molecule has 0 bridgehead atoms. The van der Waals surface area contributed by atoms with Crippen molar-refractivity contribution in [2.45, 2.75) is 39.8 Å². The highest BCUT2D eigenvalue weighted by Crippen LogP contribution is 1.92. The smallest absolute Gasteiger partial charge is 0.205 e. The predicted molar refractivity (Wildman–Crippen MR) is 65.7 cm³/mol. The minimum absolute atomic E-state index is 0.336. The van der Waals surface area contributed by atoms with Crippen LogP contribution in [-0.2, 0) is 0 Å². The van der Waals surface area contributed by atoms with E-state index in [1.54, 1.807) is 0 Å². The van der Waals surface area contributed by atoms with Crippen molar-refractivity contribution in [3.8, 4) is 0 Å². The van der Waals surface area contributed by atoms with Crippen molar-refractivity contribution in [2.75, 3.05) is 20.1 Å². The van der Waals surface area contributed by atoms with E-state index in [1.165, 1.54) is 0 Å². The Kier molecular flexibility index (Phi) is 7.07. The van der Waals surface area contributed by atoms with Crippen LogP contribution in [0.5, 0.6) is 0 Å². The van der Waals surface area contributed by atoms with Gasteiger partial charge in [-0.2, -0.15) is 0 Å².